The van der Waals surface area contributed by atoms with E-state index >= 15 is 0 Å². The number of benzene rings is 1. The van der Waals surface area contributed by atoms with Gasteiger partial charge in [-0.25, -0.2) is 4.79 Å². The van der Waals surface area contributed by atoms with Crippen molar-refractivity contribution in [1.82, 2.24) is 4.98 Å². The third kappa shape index (κ3) is 4.08. The van der Waals surface area contributed by atoms with E-state index in [0.717, 1.165) is 5.56 Å². The van der Waals surface area contributed by atoms with Crippen LogP contribution in [-0.2, 0) is 16.1 Å². The number of fused-ring (bicyclic) bond motifs is 1. The van der Waals surface area contributed by atoms with Gasteiger partial charge in [-0.15, -0.1) is 0 Å². The van der Waals surface area contributed by atoms with Gasteiger partial charge < -0.3 is 14.9 Å². The summed E-state index contributed by atoms with van der Waals surface area (Å²) >= 11 is 0. The summed E-state index contributed by atoms with van der Waals surface area (Å²) in [5, 5.41) is 19.2. The summed E-state index contributed by atoms with van der Waals surface area (Å²) in [7, 11) is 0. The van der Waals surface area contributed by atoms with E-state index in [0.29, 0.717) is 11.1 Å². The predicted octanol–water partition coefficient (Wildman–Crippen LogP) is 3.01. The molecule has 2 N–H and O–H groups in total. The number of pyridine rings is 1. The Bertz CT molecular complexity index is 944. The zero-order chi connectivity index (χ0) is 19.8. The molecule has 0 spiro atoms. The molecule has 3 rings (SSSR count). The molecule has 0 fully saturated rings. The van der Waals surface area contributed by atoms with Crippen molar-refractivity contribution in [3.05, 3.63) is 53.1 Å². The minimum Gasteiger partial charge on any atom is -0.493 e. The number of anilines is 1. The highest BCUT2D eigenvalue weighted by Gasteiger charge is 2.30. The molecule has 1 aliphatic heterocycles. The highest BCUT2D eigenvalue weighted by Crippen LogP contribution is 2.34. The Morgan fingerprint density at radius 1 is 1.22 bits per heavy atom. The zero-order valence-corrected chi connectivity index (χ0v) is 15.3. The van der Waals surface area contributed by atoms with Crippen LogP contribution in [0.2, 0.25) is 0 Å². The molecule has 1 aromatic carbocycles. The van der Waals surface area contributed by atoms with Crippen molar-refractivity contribution >= 4 is 23.6 Å². The van der Waals surface area contributed by atoms with Crippen LogP contribution in [0.4, 0.5) is 5.69 Å². The number of aromatic hydroxyl groups is 2. The van der Waals surface area contributed by atoms with Crippen molar-refractivity contribution in [2.45, 2.75) is 32.9 Å². The molecular weight excluding hydrogens is 348 g/mol. The van der Waals surface area contributed by atoms with Gasteiger partial charge in [0.15, 0.2) is 0 Å². The van der Waals surface area contributed by atoms with Crippen LogP contribution in [0.15, 0.2) is 36.4 Å². The Morgan fingerprint density at radius 3 is 2.63 bits per heavy atom. The minimum atomic E-state index is -0.573. The lowest BCUT2D eigenvalue weighted by Crippen LogP contribution is -2.23. The maximum atomic E-state index is 12.7. The van der Waals surface area contributed by atoms with Crippen LogP contribution in [0.1, 0.15) is 42.3 Å². The average Bonchev–Trinajstić information content (AvgIpc) is 2.88. The molecule has 27 heavy (non-hydrogen) atoms. The van der Waals surface area contributed by atoms with Gasteiger partial charge >= 0.3 is 5.97 Å². The van der Waals surface area contributed by atoms with Crippen molar-refractivity contribution in [2.75, 3.05) is 4.90 Å². The molecule has 7 heteroatoms. The maximum absolute atomic E-state index is 12.7. The molecule has 7 nitrogen and oxygen atoms in total. The fourth-order valence-corrected chi connectivity index (χ4v) is 2.76. The van der Waals surface area contributed by atoms with E-state index in [9.17, 15) is 19.8 Å². The fraction of sp³-hybridized carbons (Fsp3) is 0.250. The van der Waals surface area contributed by atoms with Crippen molar-refractivity contribution in [3.63, 3.8) is 0 Å². The molecule has 140 valence electrons. The largest absolute Gasteiger partial charge is 0.493 e. The molecule has 0 saturated heterocycles. The summed E-state index contributed by atoms with van der Waals surface area (Å²) in [5.41, 5.74) is 1.61. The average molecular weight is 368 g/mol. The van der Waals surface area contributed by atoms with Crippen LogP contribution in [0.3, 0.4) is 0 Å². The summed E-state index contributed by atoms with van der Waals surface area (Å²) in [6, 6.07) is 8.02. The monoisotopic (exact) mass is 368 g/mol. The van der Waals surface area contributed by atoms with Gasteiger partial charge in [-0.1, -0.05) is 12.1 Å². The van der Waals surface area contributed by atoms with E-state index in [1.165, 1.54) is 23.1 Å². The van der Waals surface area contributed by atoms with E-state index < -0.39 is 17.5 Å². The number of hydrogen-bond donors (Lipinski definition) is 2. The van der Waals surface area contributed by atoms with Gasteiger partial charge in [0.05, 0.1) is 6.54 Å². The van der Waals surface area contributed by atoms with Gasteiger partial charge in [0, 0.05) is 17.7 Å². The molecule has 1 aliphatic rings. The first-order valence-electron chi connectivity index (χ1n) is 8.39. The van der Waals surface area contributed by atoms with Gasteiger partial charge in [-0.05, 0) is 50.1 Å². The first kappa shape index (κ1) is 18.4. The van der Waals surface area contributed by atoms with Crippen LogP contribution >= 0.6 is 0 Å². The highest BCUT2D eigenvalue weighted by atomic mass is 16.6. The quantitative estimate of drug-likeness (QED) is 0.638. The summed E-state index contributed by atoms with van der Waals surface area (Å²) in [5.74, 6) is -1.49. The number of esters is 1. The number of aromatic nitrogens is 1. The van der Waals surface area contributed by atoms with Crippen LogP contribution < -0.4 is 4.90 Å². The van der Waals surface area contributed by atoms with Crippen molar-refractivity contribution in [1.29, 1.82) is 0 Å². The highest BCUT2D eigenvalue weighted by molar-refractivity contribution is 6.10. The number of nitrogens with zero attached hydrogens (tertiary/aromatic N) is 2. The number of rotatable bonds is 3. The second kappa shape index (κ2) is 6.75. The Morgan fingerprint density at radius 2 is 1.96 bits per heavy atom. The molecule has 2 heterocycles. The van der Waals surface area contributed by atoms with E-state index in [-0.39, 0.29) is 24.0 Å². The summed E-state index contributed by atoms with van der Waals surface area (Å²) in [6.45, 7) is 5.64. The van der Waals surface area contributed by atoms with Crippen LogP contribution in [-0.4, -0.2) is 32.7 Å². The number of amides is 1. The molecular formula is C20H20N2O5. The Kier molecular flexibility index (Phi) is 4.61. The zero-order valence-electron chi connectivity index (χ0n) is 15.3. The van der Waals surface area contributed by atoms with Gasteiger partial charge in [-0.3, -0.25) is 9.69 Å². The van der Waals surface area contributed by atoms with Crippen molar-refractivity contribution in [3.8, 4) is 11.8 Å². The molecule has 1 amide bonds. The first-order chi connectivity index (χ1) is 12.6. The number of carbonyl (C=O) groups excluding carboxylic acids is 2. The summed E-state index contributed by atoms with van der Waals surface area (Å²) in [4.78, 5) is 29.5. The second-order valence-corrected chi connectivity index (χ2v) is 7.19. The van der Waals surface area contributed by atoms with Gasteiger partial charge in [0.1, 0.15) is 11.3 Å². The second-order valence-electron chi connectivity index (χ2n) is 7.19. The third-order valence-electron chi connectivity index (χ3n) is 3.89. The smallest absolute Gasteiger partial charge is 0.331 e. The molecule has 0 saturated carbocycles. The van der Waals surface area contributed by atoms with Gasteiger partial charge in [-0.2, -0.15) is 4.98 Å². The van der Waals surface area contributed by atoms with Gasteiger partial charge in [0.2, 0.25) is 11.8 Å². The number of hydrogen-bond acceptors (Lipinski definition) is 6. The molecule has 0 aliphatic carbocycles. The summed E-state index contributed by atoms with van der Waals surface area (Å²) < 4.78 is 5.21. The van der Waals surface area contributed by atoms with E-state index in [1.54, 1.807) is 45.0 Å². The van der Waals surface area contributed by atoms with Crippen LogP contribution in [0.25, 0.3) is 6.08 Å². The van der Waals surface area contributed by atoms with Crippen molar-refractivity contribution in [2.24, 2.45) is 0 Å². The maximum Gasteiger partial charge on any atom is 0.331 e. The molecule has 0 unspecified atom stereocenters. The molecule has 0 bridgehead atoms. The lowest BCUT2D eigenvalue weighted by molar-refractivity contribution is -0.148. The Hall–Kier alpha value is -3.35. The lowest BCUT2D eigenvalue weighted by Gasteiger charge is -2.17. The fourth-order valence-electron chi connectivity index (χ4n) is 2.76. The first-order valence-corrected chi connectivity index (χ1v) is 8.39. The predicted molar refractivity (Wildman–Crippen MR) is 99.4 cm³/mol. The van der Waals surface area contributed by atoms with E-state index in [4.69, 9.17) is 4.74 Å². The number of carbonyl (C=O) groups is 2. The lowest BCUT2D eigenvalue weighted by atomic mass is 10.1. The van der Waals surface area contributed by atoms with E-state index in [2.05, 4.69) is 4.98 Å². The normalized spacial score (nSPS) is 13.9. The molecule has 2 aromatic rings. The Labute approximate surface area is 156 Å². The summed E-state index contributed by atoms with van der Waals surface area (Å²) in [6.07, 6.45) is 2.91. The van der Waals surface area contributed by atoms with Crippen LogP contribution in [0.5, 0.6) is 11.8 Å². The number of ether oxygens (including phenoxy) is 1. The molecule has 0 atom stereocenters. The molecule has 1 aromatic heterocycles. The SMILES string of the molecule is CC(C)(C)OC(=O)/C=C/c1ccc2c(c1)C(=O)N(c1ccc(O)nc1O)C2. The topological polar surface area (TPSA) is 100.0 Å². The standard InChI is InChI=1S/C20H20N2O5/c1-20(2,3)27-17(24)9-5-12-4-6-13-11-22(19(26)14(13)10-12)15-7-8-16(23)21-18(15)25/h4-10H,11H2,1-3H3,(H2,21,23,25)/b9-5+. The van der Waals surface area contributed by atoms with Gasteiger partial charge in [0.25, 0.3) is 5.91 Å². The van der Waals surface area contributed by atoms with Crippen molar-refractivity contribution < 1.29 is 24.5 Å². The molecule has 0 radical (unpaired) electrons. The minimum absolute atomic E-state index is 0.222. The Balaban J connectivity index is 1.81. The van der Waals surface area contributed by atoms with Crippen LogP contribution in [0, 0.1) is 0 Å². The van der Waals surface area contributed by atoms with E-state index in [1.807, 2.05) is 0 Å². The third-order valence-corrected chi connectivity index (χ3v) is 3.89.